The molecule has 0 spiro atoms. The zero-order valence-corrected chi connectivity index (χ0v) is 13.9. The van der Waals surface area contributed by atoms with Crippen molar-refractivity contribution in [1.82, 2.24) is 10.3 Å². The Bertz CT molecular complexity index is 479. The van der Waals surface area contributed by atoms with Crippen LogP contribution < -0.4 is 5.32 Å². The summed E-state index contributed by atoms with van der Waals surface area (Å²) < 4.78 is 5.97. The van der Waals surface area contributed by atoms with E-state index in [9.17, 15) is 0 Å². The minimum absolute atomic E-state index is 0.131. The molecule has 0 radical (unpaired) electrons. The van der Waals surface area contributed by atoms with Gasteiger partial charge in [0.05, 0.1) is 5.69 Å². The zero-order valence-electron chi connectivity index (χ0n) is 13.1. The molecule has 3 rings (SSSR count). The Labute approximate surface area is 126 Å². The summed E-state index contributed by atoms with van der Waals surface area (Å²) in [5.74, 6) is 0.710. The van der Waals surface area contributed by atoms with Crippen molar-refractivity contribution in [2.75, 3.05) is 6.61 Å². The Morgan fingerprint density at radius 3 is 2.70 bits per heavy atom. The van der Waals surface area contributed by atoms with Gasteiger partial charge in [0.1, 0.15) is 10.6 Å². The molecule has 1 unspecified atom stereocenters. The quantitative estimate of drug-likeness (QED) is 0.913. The second-order valence-electron chi connectivity index (χ2n) is 7.39. The highest BCUT2D eigenvalue weighted by molar-refractivity contribution is 7.11. The Morgan fingerprint density at radius 1 is 1.40 bits per heavy atom. The third-order valence-corrected chi connectivity index (χ3v) is 5.46. The molecule has 2 fully saturated rings. The van der Waals surface area contributed by atoms with Gasteiger partial charge in [0.15, 0.2) is 0 Å². The summed E-state index contributed by atoms with van der Waals surface area (Å²) in [7, 11) is 0. The fraction of sp³-hybridized carbons (Fsp3) is 0.812. The topological polar surface area (TPSA) is 34.1 Å². The molecule has 2 aliphatic rings. The number of nitrogens with one attached hydrogen (secondary N) is 1. The summed E-state index contributed by atoms with van der Waals surface area (Å²) in [6.07, 6.45) is 4.88. The molecule has 3 nitrogen and oxygen atoms in total. The Morgan fingerprint density at radius 2 is 2.15 bits per heavy atom. The third kappa shape index (κ3) is 3.07. The predicted octanol–water partition coefficient (Wildman–Crippen LogP) is 3.93. The van der Waals surface area contributed by atoms with Crippen molar-refractivity contribution in [3.63, 3.8) is 0 Å². The van der Waals surface area contributed by atoms with Gasteiger partial charge >= 0.3 is 0 Å². The van der Waals surface area contributed by atoms with Gasteiger partial charge in [-0.2, -0.15) is 0 Å². The summed E-state index contributed by atoms with van der Waals surface area (Å²) in [5, 5.41) is 4.80. The predicted molar refractivity (Wildman–Crippen MR) is 83.2 cm³/mol. The van der Waals surface area contributed by atoms with E-state index in [1.807, 2.05) is 11.3 Å². The first-order valence-electron chi connectivity index (χ1n) is 7.76. The van der Waals surface area contributed by atoms with Crippen LogP contribution in [0.1, 0.15) is 74.9 Å². The first kappa shape index (κ1) is 14.5. The first-order chi connectivity index (χ1) is 9.37. The highest BCUT2D eigenvalue weighted by Crippen LogP contribution is 2.46. The first-order valence-corrected chi connectivity index (χ1v) is 8.58. The average molecular weight is 294 g/mol. The van der Waals surface area contributed by atoms with E-state index in [4.69, 9.17) is 9.72 Å². The maximum atomic E-state index is 5.97. The van der Waals surface area contributed by atoms with E-state index in [0.717, 1.165) is 26.0 Å². The van der Waals surface area contributed by atoms with Crippen molar-refractivity contribution in [3.8, 4) is 0 Å². The van der Waals surface area contributed by atoms with Gasteiger partial charge in [-0.15, -0.1) is 11.3 Å². The Balaban J connectivity index is 1.83. The molecule has 1 aliphatic heterocycles. The molecule has 1 aromatic heterocycles. The lowest BCUT2D eigenvalue weighted by Gasteiger charge is -2.20. The molecule has 20 heavy (non-hydrogen) atoms. The molecular weight excluding hydrogens is 268 g/mol. The lowest BCUT2D eigenvalue weighted by atomic mass is 10.0. The van der Waals surface area contributed by atoms with E-state index in [2.05, 4.69) is 33.0 Å². The smallest absolute Gasteiger partial charge is 0.125 e. The maximum Gasteiger partial charge on any atom is 0.125 e. The van der Waals surface area contributed by atoms with Gasteiger partial charge in [-0.25, -0.2) is 4.98 Å². The summed E-state index contributed by atoms with van der Waals surface area (Å²) in [4.78, 5) is 6.41. The second kappa shape index (κ2) is 5.08. The molecule has 1 N–H and O–H groups in total. The Hall–Kier alpha value is -0.450. The van der Waals surface area contributed by atoms with Crippen LogP contribution in [0.5, 0.6) is 0 Å². The highest BCUT2D eigenvalue weighted by atomic mass is 32.1. The fourth-order valence-electron chi connectivity index (χ4n) is 2.69. The minimum atomic E-state index is -0.131. The van der Waals surface area contributed by atoms with Crippen LogP contribution >= 0.6 is 11.3 Å². The number of aromatic nitrogens is 1. The average Bonchev–Trinajstić information content (AvgIpc) is 2.95. The van der Waals surface area contributed by atoms with Gasteiger partial charge in [0.25, 0.3) is 0 Å². The number of hydrogen-bond acceptors (Lipinski definition) is 4. The van der Waals surface area contributed by atoms with Gasteiger partial charge in [-0.1, -0.05) is 0 Å². The van der Waals surface area contributed by atoms with Crippen molar-refractivity contribution < 1.29 is 4.74 Å². The zero-order chi connectivity index (χ0) is 14.4. The molecule has 112 valence electrons. The SMILES string of the molecule is CC(C)(C)NCc1sc(C2(C)CCCO2)nc1C1CC1. The van der Waals surface area contributed by atoms with Crippen LogP contribution in [-0.2, 0) is 16.9 Å². The van der Waals surface area contributed by atoms with Gasteiger partial charge in [0.2, 0.25) is 0 Å². The van der Waals surface area contributed by atoms with E-state index >= 15 is 0 Å². The van der Waals surface area contributed by atoms with E-state index in [1.165, 1.54) is 28.4 Å². The minimum Gasteiger partial charge on any atom is -0.368 e. The van der Waals surface area contributed by atoms with E-state index < -0.39 is 0 Å². The van der Waals surface area contributed by atoms with Gasteiger partial charge in [0, 0.05) is 29.5 Å². The lowest BCUT2D eigenvalue weighted by Crippen LogP contribution is -2.35. The maximum absolute atomic E-state index is 5.97. The molecule has 0 aromatic carbocycles. The summed E-state index contributed by atoms with van der Waals surface area (Å²) >= 11 is 1.87. The summed E-state index contributed by atoms with van der Waals surface area (Å²) in [5.41, 5.74) is 1.37. The molecule has 0 bridgehead atoms. The van der Waals surface area contributed by atoms with Gasteiger partial charge in [-0.3, -0.25) is 0 Å². The van der Waals surface area contributed by atoms with Crippen LogP contribution in [0.15, 0.2) is 0 Å². The number of rotatable bonds is 4. The van der Waals surface area contributed by atoms with E-state index in [-0.39, 0.29) is 11.1 Å². The molecule has 1 aliphatic carbocycles. The molecule has 1 saturated carbocycles. The van der Waals surface area contributed by atoms with Gasteiger partial charge < -0.3 is 10.1 Å². The number of thiazole rings is 1. The van der Waals surface area contributed by atoms with Crippen LogP contribution in [0.4, 0.5) is 0 Å². The summed E-state index contributed by atoms with van der Waals surface area (Å²) in [6, 6.07) is 0. The lowest BCUT2D eigenvalue weighted by molar-refractivity contribution is 0.0165. The van der Waals surface area contributed by atoms with Crippen LogP contribution in [-0.4, -0.2) is 17.1 Å². The van der Waals surface area contributed by atoms with E-state index in [0.29, 0.717) is 5.92 Å². The molecular formula is C16H26N2OS. The molecule has 1 saturated heterocycles. The van der Waals surface area contributed by atoms with Crippen LogP contribution in [0.3, 0.4) is 0 Å². The Kier molecular flexibility index (Phi) is 3.68. The monoisotopic (exact) mass is 294 g/mol. The van der Waals surface area contributed by atoms with Crippen molar-refractivity contribution in [3.05, 3.63) is 15.6 Å². The number of ether oxygens (including phenoxy) is 1. The standard InChI is InChI=1S/C16H26N2OS/c1-15(2,3)17-10-12-13(11-6-7-11)18-14(20-12)16(4)8-5-9-19-16/h11,17H,5-10H2,1-4H3. The number of nitrogens with zero attached hydrogens (tertiary/aromatic N) is 1. The highest BCUT2D eigenvalue weighted by Gasteiger charge is 2.38. The van der Waals surface area contributed by atoms with Crippen LogP contribution in [0, 0.1) is 0 Å². The second-order valence-corrected chi connectivity index (χ2v) is 8.47. The van der Waals surface area contributed by atoms with Crippen LogP contribution in [0.2, 0.25) is 0 Å². The largest absolute Gasteiger partial charge is 0.368 e. The van der Waals surface area contributed by atoms with E-state index in [1.54, 1.807) is 0 Å². The van der Waals surface area contributed by atoms with Crippen molar-refractivity contribution in [1.29, 1.82) is 0 Å². The third-order valence-electron chi connectivity index (χ3n) is 4.14. The molecule has 1 aromatic rings. The molecule has 1 atom stereocenters. The van der Waals surface area contributed by atoms with Crippen molar-refractivity contribution in [2.45, 2.75) is 77.0 Å². The molecule has 0 amide bonds. The van der Waals surface area contributed by atoms with Gasteiger partial charge in [-0.05, 0) is 53.4 Å². The summed E-state index contributed by atoms with van der Waals surface area (Å²) in [6.45, 7) is 10.7. The molecule has 4 heteroatoms. The number of hydrogen-bond donors (Lipinski definition) is 1. The van der Waals surface area contributed by atoms with Crippen LogP contribution in [0.25, 0.3) is 0 Å². The molecule has 2 heterocycles. The normalized spacial score (nSPS) is 27.2. The van der Waals surface area contributed by atoms with Crippen molar-refractivity contribution >= 4 is 11.3 Å². The van der Waals surface area contributed by atoms with Crippen molar-refractivity contribution in [2.24, 2.45) is 0 Å². The fourth-order valence-corrected chi connectivity index (χ4v) is 3.90.